The topological polar surface area (TPSA) is 133 Å². The highest BCUT2D eigenvalue weighted by Gasteiger charge is 2.35. The first-order valence-electron chi connectivity index (χ1n) is 9.21. The standard InChI is InChI=1S/C17H36N2O6/c1-4-7-9-19(10-8-5-2)13(6-3)18-17(25)16(24)15(23)14(22)12(21)11-20/h12-16,20-24H,4-11H2,1-3H3,(H,18,25). The zero-order chi connectivity index (χ0) is 19.4. The molecule has 0 rings (SSSR count). The number of carbonyl (C=O) groups is 1. The molecule has 0 aromatic rings. The molecular weight excluding hydrogens is 328 g/mol. The van der Waals surface area contributed by atoms with E-state index in [0.29, 0.717) is 6.42 Å². The van der Waals surface area contributed by atoms with Crippen LogP contribution in [0, 0.1) is 0 Å². The highest BCUT2D eigenvalue weighted by Crippen LogP contribution is 2.09. The van der Waals surface area contributed by atoms with Gasteiger partial charge in [-0.1, -0.05) is 33.6 Å². The Morgan fingerprint density at radius 1 is 0.960 bits per heavy atom. The van der Waals surface area contributed by atoms with Crippen LogP contribution in [0.4, 0.5) is 0 Å². The average molecular weight is 364 g/mol. The second-order valence-electron chi connectivity index (χ2n) is 6.35. The van der Waals surface area contributed by atoms with Gasteiger partial charge in [0.15, 0.2) is 6.10 Å². The maximum Gasteiger partial charge on any atom is 0.252 e. The fourth-order valence-electron chi connectivity index (χ4n) is 2.52. The Bertz CT molecular complexity index is 350. The molecule has 0 aliphatic carbocycles. The number of hydrogen-bond donors (Lipinski definition) is 6. The molecule has 5 atom stereocenters. The minimum absolute atomic E-state index is 0.285. The van der Waals surface area contributed by atoms with Crippen LogP contribution in [-0.2, 0) is 4.79 Å². The summed E-state index contributed by atoms with van der Waals surface area (Å²) in [6.07, 6.45) is -2.86. The average Bonchev–Trinajstić information content (AvgIpc) is 2.63. The molecule has 0 aromatic carbocycles. The SMILES string of the molecule is CCCCN(CCCC)C(CC)NC(=O)C(O)C(O)C(O)C(O)CO. The number of aliphatic hydroxyl groups is 5. The maximum atomic E-state index is 12.2. The molecule has 8 nitrogen and oxygen atoms in total. The van der Waals surface area contributed by atoms with E-state index >= 15 is 0 Å². The van der Waals surface area contributed by atoms with Crippen molar-refractivity contribution in [3.63, 3.8) is 0 Å². The van der Waals surface area contributed by atoms with Crippen molar-refractivity contribution in [3.05, 3.63) is 0 Å². The zero-order valence-corrected chi connectivity index (χ0v) is 15.6. The summed E-state index contributed by atoms with van der Waals surface area (Å²) in [7, 11) is 0. The predicted octanol–water partition coefficient (Wildman–Crippen LogP) is -0.823. The lowest BCUT2D eigenvalue weighted by molar-refractivity contribution is -0.150. The van der Waals surface area contributed by atoms with Crippen LogP contribution in [0.25, 0.3) is 0 Å². The Hall–Kier alpha value is -0.770. The van der Waals surface area contributed by atoms with Crippen molar-refractivity contribution in [2.24, 2.45) is 0 Å². The summed E-state index contributed by atoms with van der Waals surface area (Å²) in [5.41, 5.74) is 0. The quantitative estimate of drug-likeness (QED) is 0.222. The third-order valence-electron chi connectivity index (χ3n) is 4.26. The van der Waals surface area contributed by atoms with Gasteiger partial charge in [0.25, 0.3) is 5.91 Å². The highest BCUT2D eigenvalue weighted by atomic mass is 16.4. The summed E-state index contributed by atoms with van der Waals surface area (Å²) in [5, 5.41) is 50.2. The number of aliphatic hydroxyl groups excluding tert-OH is 5. The number of rotatable bonds is 14. The molecule has 0 heterocycles. The molecule has 0 aliphatic heterocycles. The fraction of sp³-hybridized carbons (Fsp3) is 0.941. The molecule has 0 aliphatic rings. The zero-order valence-electron chi connectivity index (χ0n) is 15.6. The fourth-order valence-corrected chi connectivity index (χ4v) is 2.52. The predicted molar refractivity (Wildman–Crippen MR) is 94.7 cm³/mol. The number of nitrogens with zero attached hydrogens (tertiary/aromatic N) is 1. The second kappa shape index (κ2) is 13.4. The van der Waals surface area contributed by atoms with E-state index in [4.69, 9.17) is 5.11 Å². The molecule has 25 heavy (non-hydrogen) atoms. The monoisotopic (exact) mass is 364 g/mol. The lowest BCUT2D eigenvalue weighted by Gasteiger charge is -2.33. The van der Waals surface area contributed by atoms with E-state index in [1.54, 1.807) is 0 Å². The summed E-state index contributed by atoms with van der Waals surface area (Å²) in [5.74, 6) is -0.818. The van der Waals surface area contributed by atoms with Gasteiger partial charge in [0.2, 0.25) is 0 Å². The largest absolute Gasteiger partial charge is 0.394 e. The van der Waals surface area contributed by atoms with Crippen LogP contribution in [0.2, 0.25) is 0 Å². The van der Waals surface area contributed by atoms with E-state index in [2.05, 4.69) is 24.1 Å². The minimum Gasteiger partial charge on any atom is -0.394 e. The van der Waals surface area contributed by atoms with E-state index in [1.807, 2.05) is 6.92 Å². The van der Waals surface area contributed by atoms with Crippen LogP contribution in [0.5, 0.6) is 0 Å². The smallest absolute Gasteiger partial charge is 0.252 e. The molecule has 6 N–H and O–H groups in total. The molecule has 5 unspecified atom stereocenters. The van der Waals surface area contributed by atoms with Gasteiger partial charge in [-0.25, -0.2) is 0 Å². The van der Waals surface area contributed by atoms with Crippen LogP contribution in [0.3, 0.4) is 0 Å². The van der Waals surface area contributed by atoms with Crippen LogP contribution in [0.1, 0.15) is 52.9 Å². The molecule has 0 saturated carbocycles. The Morgan fingerprint density at radius 2 is 1.48 bits per heavy atom. The summed E-state index contributed by atoms with van der Waals surface area (Å²) in [4.78, 5) is 14.4. The summed E-state index contributed by atoms with van der Waals surface area (Å²) in [6, 6.07) is 0. The first-order valence-corrected chi connectivity index (χ1v) is 9.21. The van der Waals surface area contributed by atoms with Gasteiger partial charge >= 0.3 is 0 Å². The van der Waals surface area contributed by atoms with Crippen molar-refractivity contribution in [2.75, 3.05) is 19.7 Å². The number of nitrogens with one attached hydrogen (secondary N) is 1. The van der Waals surface area contributed by atoms with Crippen molar-refractivity contribution in [2.45, 2.75) is 83.5 Å². The van der Waals surface area contributed by atoms with E-state index in [9.17, 15) is 25.2 Å². The third kappa shape index (κ3) is 8.44. The molecule has 0 spiro atoms. The van der Waals surface area contributed by atoms with Gasteiger partial charge in [-0.15, -0.1) is 0 Å². The van der Waals surface area contributed by atoms with Crippen LogP contribution in [-0.4, -0.2) is 86.6 Å². The van der Waals surface area contributed by atoms with Gasteiger partial charge in [-0.2, -0.15) is 0 Å². The first-order chi connectivity index (χ1) is 11.8. The lowest BCUT2D eigenvalue weighted by atomic mass is 10.0. The number of carbonyl (C=O) groups excluding carboxylic acids is 1. The van der Waals surface area contributed by atoms with Crippen molar-refractivity contribution < 1.29 is 30.3 Å². The summed E-state index contributed by atoms with van der Waals surface area (Å²) in [6.45, 7) is 6.95. The van der Waals surface area contributed by atoms with Crippen LogP contribution >= 0.6 is 0 Å². The van der Waals surface area contributed by atoms with E-state index in [1.165, 1.54) is 0 Å². The number of unbranched alkanes of at least 4 members (excludes halogenated alkanes) is 2. The Labute approximate surface area is 150 Å². The minimum atomic E-state index is -1.90. The summed E-state index contributed by atoms with van der Waals surface area (Å²) < 4.78 is 0. The van der Waals surface area contributed by atoms with E-state index in [0.717, 1.165) is 38.8 Å². The highest BCUT2D eigenvalue weighted by molar-refractivity contribution is 5.81. The molecule has 8 heteroatoms. The lowest BCUT2D eigenvalue weighted by Crippen LogP contribution is -2.56. The summed E-state index contributed by atoms with van der Waals surface area (Å²) >= 11 is 0. The first kappa shape index (κ1) is 24.2. The maximum absolute atomic E-state index is 12.2. The third-order valence-corrected chi connectivity index (χ3v) is 4.26. The molecule has 1 amide bonds. The van der Waals surface area contributed by atoms with E-state index < -0.39 is 36.9 Å². The number of hydrogen-bond acceptors (Lipinski definition) is 7. The molecule has 0 saturated heterocycles. The van der Waals surface area contributed by atoms with Crippen molar-refractivity contribution in [3.8, 4) is 0 Å². The Morgan fingerprint density at radius 3 is 1.88 bits per heavy atom. The Kier molecular flexibility index (Phi) is 13.0. The van der Waals surface area contributed by atoms with Crippen molar-refractivity contribution >= 4 is 5.91 Å². The van der Waals surface area contributed by atoms with Gasteiger partial charge in [0, 0.05) is 13.1 Å². The molecule has 0 aromatic heterocycles. The van der Waals surface area contributed by atoms with Gasteiger partial charge in [-0.3, -0.25) is 9.69 Å². The van der Waals surface area contributed by atoms with Crippen LogP contribution in [0.15, 0.2) is 0 Å². The van der Waals surface area contributed by atoms with Gasteiger partial charge in [0.05, 0.1) is 12.8 Å². The molecule has 0 bridgehead atoms. The Balaban J connectivity index is 4.85. The van der Waals surface area contributed by atoms with E-state index in [-0.39, 0.29) is 6.17 Å². The number of amides is 1. The molecule has 0 radical (unpaired) electrons. The molecule has 0 fully saturated rings. The second-order valence-corrected chi connectivity index (χ2v) is 6.35. The normalized spacial score (nSPS) is 17.8. The van der Waals surface area contributed by atoms with Gasteiger partial charge < -0.3 is 30.8 Å². The van der Waals surface area contributed by atoms with Crippen molar-refractivity contribution in [1.29, 1.82) is 0 Å². The van der Waals surface area contributed by atoms with Crippen molar-refractivity contribution in [1.82, 2.24) is 10.2 Å². The van der Waals surface area contributed by atoms with Gasteiger partial charge in [-0.05, 0) is 19.3 Å². The molecule has 150 valence electrons. The van der Waals surface area contributed by atoms with Gasteiger partial charge in [0.1, 0.15) is 18.3 Å². The van der Waals surface area contributed by atoms with Crippen LogP contribution < -0.4 is 5.32 Å². The molecular formula is C17H36N2O6.